The number of rotatable bonds is 4. The van der Waals surface area contributed by atoms with Gasteiger partial charge in [-0.2, -0.15) is 4.73 Å². The summed E-state index contributed by atoms with van der Waals surface area (Å²) in [5.41, 5.74) is 4.16. The summed E-state index contributed by atoms with van der Waals surface area (Å²) in [4.78, 5) is 22.6. The average molecular weight is 369 g/mol. The molecule has 0 saturated heterocycles. The number of imidazole rings is 1. The van der Waals surface area contributed by atoms with E-state index < -0.39 is 6.09 Å². The Labute approximate surface area is 163 Å². The van der Waals surface area contributed by atoms with Crippen LogP contribution < -0.4 is 10.2 Å². The molecule has 0 spiro atoms. The third kappa shape index (κ3) is 3.38. The van der Waals surface area contributed by atoms with E-state index >= 15 is 0 Å². The van der Waals surface area contributed by atoms with Crippen molar-refractivity contribution in [1.29, 1.82) is 0 Å². The Morgan fingerprint density at radius 2 is 1.29 bits per heavy atom. The van der Waals surface area contributed by atoms with E-state index in [-0.39, 0.29) is 0 Å². The lowest BCUT2D eigenvalue weighted by molar-refractivity contribution is 0.139. The van der Waals surface area contributed by atoms with Crippen molar-refractivity contribution in [2.75, 3.05) is 7.05 Å². The first-order valence-electron chi connectivity index (χ1n) is 8.97. The monoisotopic (exact) mass is 369 g/mol. The van der Waals surface area contributed by atoms with Crippen LogP contribution in [0.5, 0.6) is 0 Å². The Balaban J connectivity index is 2.02. The molecule has 0 unspecified atom stereocenters. The average Bonchev–Trinajstić information content (AvgIpc) is 3.14. The second-order valence-electron chi connectivity index (χ2n) is 6.15. The zero-order valence-corrected chi connectivity index (χ0v) is 15.4. The number of hydrogen-bond donors (Lipinski definition) is 1. The van der Waals surface area contributed by atoms with E-state index in [9.17, 15) is 4.79 Å². The highest BCUT2D eigenvalue weighted by Gasteiger charge is 2.23. The van der Waals surface area contributed by atoms with Crippen LogP contribution >= 0.6 is 0 Å². The van der Waals surface area contributed by atoms with Crippen molar-refractivity contribution in [3.05, 3.63) is 91.0 Å². The number of benzene rings is 3. The maximum Gasteiger partial charge on any atom is 0.431 e. The number of carbonyl (C=O) groups is 1. The topological polar surface area (TPSA) is 56.1 Å². The van der Waals surface area contributed by atoms with E-state index in [0.717, 1.165) is 22.4 Å². The van der Waals surface area contributed by atoms with Crippen molar-refractivity contribution in [3.63, 3.8) is 0 Å². The van der Waals surface area contributed by atoms with Gasteiger partial charge in [-0.15, -0.1) is 0 Å². The minimum Gasteiger partial charge on any atom is -0.323 e. The third-order valence-electron chi connectivity index (χ3n) is 4.34. The molecule has 1 amide bonds. The molecule has 1 aromatic heterocycles. The Morgan fingerprint density at radius 3 is 1.82 bits per heavy atom. The van der Waals surface area contributed by atoms with Crippen molar-refractivity contribution in [2.24, 2.45) is 0 Å². The van der Waals surface area contributed by atoms with Gasteiger partial charge >= 0.3 is 6.09 Å². The first kappa shape index (κ1) is 17.5. The largest absolute Gasteiger partial charge is 0.431 e. The van der Waals surface area contributed by atoms with Crippen molar-refractivity contribution in [2.45, 2.75) is 0 Å². The van der Waals surface area contributed by atoms with Crippen molar-refractivity contribution in [1.82, 2.24) is 15.0 Å². The lowest BCUT2D eigenvalue weighted by atomic mass is 10.1. The molecule has 1 N–H and O–H groups in total. The summed E-state index contributed by atoms with van der Waals surface area (Å²) in [6.07, 6.45) is -0.564. The highest BCUT2D eigenvalue weighted by molar-refractivity contribution is 5.82. The van der Waals surface area contributed by atoms with Gasteiger partial charge in [-0.3, -0.25) is 0 Å². The number of aromatic nitrogens is 2. The van der Waals surface area contributed by atoms with Gasteiger partial charge in [0.25, 0.3) is 0 Å². The Hall–Kier alpha value is -3.86. The van der Waals surface area contributed by atoms with Crippen LogP contribution in [0.1, 0.15) is 0 Å². The predicted molar refractivity (Wildman–Crippen MR) is 110 cm³/mol. The van der Waals surface area contributed by atoms with E-state index in [1.165, 1.54) is 11.8 Å². The van der Waals surface area contributed by atoms with Crippen LogP contribution in [0.25, 0.3) is 33.9 Å². The molecule has 0 saturated carbocycles. The number of nitrogens with one attached hydrogen (secondary N) is 1. The molecule has 0 atom stereocenters. The maximum atomic E-state index is 12.1. The SMILES string of the molecule is CNC(=O)On1c(-c2ccccc2)nc(-c2ccccc2)c1-c1ccccc1. The van der Waals surface area contributed by atoms with E-state index in [1.807, 2.05) is 91.0 Å². The van der Waals surface area contributed by atoms with Gasteiger partial charge in [-0.25, -0.2) is 9.78 Å². The van der Waals surface area contributed by atoms with Gasteiger partial charge in [0.15, 0.2) is 5.82 Å². The molecule has 138 valence electrons. The zero-order valence-electron chi connectivity index (χ0n) is 15.4. The molecule has 0 aliphatic rings. The van der Waals surface area contributed by atoms with Gasteiger partial charge in [0.2, 0.25) is 0 Å². The highest BCUT2D eigenvalue weighted by Crippen LogP contribution is 2.35. The smallest absolute Gasteiger partial charge is 0.323 e. The van der Waals surface area contributed by atoms with Crippen LogP contribution in [-0.4, -0.2) is 22.9 Å². The fourth-order valence-electron chi connectivity index (χ4n) is 3.04. The minimum atomic E-state index is -0.564. The van der Waals surface area contributed by atoms with E-state index in [2.05, 4.69) is 5.32 Å². The summed E-state index contributed by atoms with van der Waals surface area (Å²) in [6.45, 7) is 0. The Bertz CT molecular complexity index is 1080. The standard InChI is InChI=1S/C23H19N3O2/c1-24-23(27)28-26-21(18-13-7-3-8-14-18)20(17-11-5-2-6-12-17)25-22(26)19-15-9-4-10-16-19/h2-16H,1H3,(H,24,27). The Morgan fingerprint density at radius 1 is 0.786 bits per heavy atom. The normalized spacial score (nSPS) is 10.5. The highest BCUT2D eigenvalue weighted by atomic mass is 16.7. The molecule has 0 aliphatic heterocycles. The molecule has 0 fully saturated rings. The number of amides is 1. The summed E-state index contributed by atoms with van der Waals surface area (Å²) >= 11 is 0. The quantitative estimate of drug-likeness (QED) is 0.570. The molecule has 4 aromatic rings. The van der Waals surface area contributed by atoms with Crippen molar-refractivity contribution in [3.8, 4) is 33.9 Å². The summed E-state index contributed by atoms with van der Waals surface area (Å²) < 4.78 is 1.51. The fourth-order valence-corrected chi connectivity index (χ4v) is 3.04. The Kier molecular flexibility index (Phi) is 4.89. The van der Waals surface area contributed by atoms with Gasteiger partial charge in [-0.05, 0) is 0 Å². The summed E-state index contributed by atoms with van der Waals surface area (Å²) in [6, 6.07) is 29.3. The lowest BCUT2D eigenvalue weighted by Crippen LogP contribution is -2.30. The van der Waals surface area contributed by atoms with E-state index in [4.69, 9.17) is 9.82 Å². The number of carbonyl (C=O) groups excluding carboxylic acids is 1. The van der Waals surface area contributed by atoms with E-state index in [0.29, 0.717) is 11.5 Å². The fraction of sp³-hybridized carbons (Fsp3) is 0.0435. The zero-order chi connectivity index (χ0) is 19.3. The molecule has 3 aromatic carbocycles. The molecular weight excluding hydrogens is 350 g/mol. The van der Waals surface area contributed by atoms with Crippen LogP contribution in [0.15, 0.2) is 91.0 Å². The van der Waals surface area contributed by atoms with Crippen molar-refractivity contribution < 1.29 is 9.63 Å². The molecule has 0 aliphatic carbocycles. The summed E-state index contributed by atoms with van der Waals surface area (Å²) in [5.74, 6) is 0.557. The molecule has 28 heavy (non-hydrogen) atoms. The first-order valence-corrected chi connectivity index (χ1v) is 8.97. The molecule has 5 nitrogen and oxygen atoms in total. The summed E-state index contributed by atoms with van der Waals surface area (Å²) in [5, 5.41) is 2.51. The molecule has 0 bridgehead atoms. The van der Waals surface area contributed by atoms with Gasteiger partial charge in [0, 0.05) is 23.7 Å². The van der Waals surface area contributed by atoms with E-state index in [1.54, 1.807) is 0 Å². The minimum absolute atomic E-state index is 0.557. The van der Waals surface area contributed by atoms with Gasteiger partial charge in [0.1, 0.15) is 11.4 Å². The van der Waals surface area contributed by atoms with Gasteiger partial charge in [0.05, 0.1) is 0 Å². The lowest BCUT2D eigenvalue weighted by Gasteiger charge is -2.12. The first-order chi connectivity index (χ1) is 13.8. The third-order valence-corrected chi connectivity index (χ3v) is 4.34. The van der Waals surface area contributed by atoms with Crippen LogP contribution in [0.4, 0.5) is 4.79 Å². The van der Waals surface area contributed by atoms with Crippen LogP contribution in [-0.2, 0) is 0 Å². The van der Waals surface area contributed by atoms with Crippen LogP contribution in [0, 0.1) is 0 Å². The maximum absolute atomic E-state index is 12.1. The molecule has 1 heterocycles. The number of nitrogens with zero attached hydrogens (tertiary/aromatic N) is 2. The second-order valence-corrected chi connectivity index (χ2v) is 6.15. The van der Waals surface area contributed by atoms with Crippen LogP contribution in [0.2, 0.25) is 0 Å². The molecule has 4 rings (SSSR count). The molecule has 0 radical (unpaired) electrons. The van der Waals surface area contributed by atoms with Crippen molar-refractivity contribution >= 4 is 6.09 Å². The molecule has 5 heteroatoms. The van der Waals surface area contributed by atoms with Gasteiger partial charge < -0.3 is 10.2 Å². The summed E-state index contributed by atoms with van der Waals surface area (Å²) in [7, 11) is 1.53. The molecular formula is C23H19N3O2. The van der Waals surface area contributed by atoms with Gasteiger partial charge in [-0.1, -0.05) is 91.0 Å². The number of hydrogen-bond acceptors (Lipinski definition) is 3. The predicted octanol–water partition coefficient (Wildman–Crippen LogP) is 4.65. The second kappa shape index (κ2) is 7.80. The van der Waals surface area contributed by atoms with Crippen LogP contribution in [0.3, 0.4) is 0 Å².